The van der Waals surface area contributed by atoms with Gasteiger partial charge in [-0.25, -0.2) is 19.2 Å². The van der Waals surface area contributed by atoms with E-state index in [1.54, 1.807) is 0 Å². The second-order valence-electron chi connectivity index (χ2n) is 10.8. The standard InChI is InChI=1S/C23H22O8/c1-22(2)28-18(24)16(19(25)29-22)14-10-6-5-7-9-8(6)12(14)13(9)15(11(7)10)17-20(26)30-23(3,4)31-21(17)27/h6-13H,5H2,1-4H3/t6-,7+,8+,9-,10+,11-,12-,13-/m0/s1. The molecule has 0 aromatic rings. The van der Waals surface area contributed by atoms with E-state index < -0.39 is 35.5 Å². The minimum Gasteiger partial charge on any atom is -0.419 e. The zero-order valence-corrected chi connectivity index (χ0v) is 17.6. The average Bonchev–Trinajstić information content (AvgIpc) is 3.11. The summed E-state index contributed by atoms with van der Waals surface area (Å²) in [5.41, 5.74) is 1.76. The lowest BCUT2D eigenvalue weighted by Crippen LogP contribution is -2.48. The molecule has 2 saturated heterocycles. The zero-order chi connectivity index (χ0) is 21.8. The van der Waals surface area contributed by atoms with Gasteiger partial charge in [-0.2, -0.15) is 0 Å². The first-order valence-electron chi connectivity index (χ1n) is 10.9. The lowest BCUT2D eigenvalue weighted by atomic mass is 9.56. The number of carbonyl (C=O) groups is 4. The first kappa shape index (κ1) is 18.0. The molecule has 8 nitrogen and oxygen atoms in total. The van der Waals surface area contributed by atoms with E-state index in [0.717, 1.165) is 17.6 Å². The third kappa shape index (κ3) is 1.86. The van der Waals surface area contributed by atoms with Crippen molar-refractivity contribution in [1.82, 2.24) is 0 Å². The Bertz CT molecular complexity index is 973. The summed E-state index contributed by atoms with van der Waals surface area (Å²) in [6, 6.07) is 0. The molecule has 2 bridgehead atoms. The summed E-state index contributed by atoms with van der Waals surface area (Å²) >= 11 is 0. The van der Waals surface area contributed by atoms with Gasteiger partial charge in [0, 0.05) is 27.7 Å². The van der Waals surface area contributed by atoms with Crippen molar-refractivity contribution in [2.75, 3.05) is 0 Å². The lowest BCUT2D eigenvalue weighted by molar-refractivity contribution is -0.225. The van der Waals surface area contributed by atoms with Crippen molar-refractivity contribution in [3.05, 3.63) is 22.3 Å². The van der Waals surface area contributed by atoms with Gasteiger partial charge in [0.2, 0.25) is 0 Å². The topological polar surface area (TPSA) is 105 Å². The van der Waals surface area contributed by atoms with Crippen molar-refractivity contribution in [3.8, 4) is 0 Å². The molecule has 5 saturated carbocycles. The Labute approximate surface area is 177 Å². The maximum absolute atomic E-state index is 12.8. The summed E-state index contributed by atoms with van der Waals surface area (Å²) in [5, 5.41) is 0. The zero-order valence-electron chi connectivity index (χ0n) is 17.6. The molecule has 0 aromatic carbocycles. The molecule has 162 valence electrons. The third-order valence-corrected chi connectivity index (χ3v) is 8.69. The lowest BCUT2D eigenvalue weighted by Gasteiger charge is -2.47. The van der Waals surface area contributed by atoms with Crippen molar-refractivity contribution in [3.63, 3.8) is 0 Å². The molecule has 7 fully saturated rings. The molecule has 0 unspecified atom stereocenters. The Kier molecular flexibility index (Phi) is 2.84. The van der Waals surface area contributed by atoms with Crippen LogP contribution in [-0.4, -0.2) is 35.5 Å². The van der Waals surface area contributed by atoms with E-state index >= 15 is 0 Å². The molecule has 0 amide bonds. The summed E-state index contributed by atoms with van der Waals surface area (Å²) in [4.78, 5) is 51.3. The second kappa shape index (κ2) is 4.89. The van der Waals surface area contributed by atoms with Gasteiger partial charge >= 0.3 is 23.9 Å². The Morgan fingerprint density at radius 3 is 1.23 bits per heavy atom. The maximum atomic E-state index is 12.8. The van der Waals surface area contributed by atoms with Gasteiger partial charge in [-0.3, -0.25) is 0 Å². The van der Waals surface area contributed by atoms with E-state index in [1.165, 1.54) is 27.7 Å². The smallest absolute Gasteiger partial charge is 0.348 e. The fourth-order valence-electron chi connectivity index (χ4n) is 8.39. The molecule has 8 heteroatoms. The molecule has 2 aliphatic heterocycles. The highest BCUT2D eigenvalue weighted by Crippen LogP contribution is 2.86. The number of esters is 4. The SMILES string of the molecule is CC1(C)OC(=O)C(=C2[C@@H]3[C@H]4C[C@H]5[C@@H]3C(=C3C(=O)OC(C)(C)OC3=O)[C@@H]3[C@@H]2[C@H]4[C@H]53)C(=O)O1. The van der Waals surface area contributed by atoms with Crippen LogP contribution in [0.2, 0.25) is 0 Å². The van der Waals surface area contributed by atoms with Crippen molar-refractivity contribution in [1.29, 1.82) is 0 Å². The molecular formula is C23H22O8. The van der Waals surface area contributed by atoms with Crippen molar-refractivity contribution >= 4 is 23.9 Å². The van der Waals surface area contributed by atoms with Gasteiger partial charge in [-0.15, -0.1) is 0 Å². The van der Waals surface area contributed by atoms with E-state index in [1.807, 2.05) is 0 Å². The number of hydrogen-bond acceptors (Lipinski definition) is 8. The summed E-state index contributed by atoms with van der Waals surface area (Å²) in [5.74, 6) is -3.71. The monoisotopic (exact) mass is 426 g/mol. The average molecular weight is 426 g/mol. The van der Waals surface area contributed by atoms with Gasteiger partial charge < -0.3 is 18.9 Å². The van der Waals surface area contributed by atoms with Crippen molar-refractivity contribution in [2.24, 2.45) is 47.3 Å². The summed E-state index contributed by atoms with van der Waals surface area (Å²) in [6.45, 7) is 6.15. The number of hydrogen-bond donors (Lipinski definition) is 0. The quantitative estimate of drug-likeness (QED) is 0.327. The van der Waals surface area contributed by atoms with E-state index in [2.05, 4.69) is 0 Å². The highest BCUT2D eigenvalue weighted by molar-refractivity contribution is 6.17. The molecule has 0 radical (unpaired) electrons. The van der Waals surface area contributed by atoms with E-state index in [-0.39, 0.29) is 34.8 Å². The van der Waals surface area contributed by atoms with E-state index in [9.17, 15) is 19.2 Å². The van der Waals surface area contributed by atoms with Crippen molar-refractivity contribution in [2.45, 2.75) is 45.7 Å². The summed E-state index contributed by atoms with van der Waals surface area (Å²) in [7, 11) is 0. The predicted octanol–water partition coefficient (Wildman–Crippen LogP) is 1.64. The van der Waals surface area contributed by atoms with Crippen LogP contribution in [0, 0.1) is 47.3 Å². The molecule has 5 aliphatic carbocycles. The van der Waals surface area contributed by atoms with Gasteiger partial charge in [0.1, 0.15) is 11.1 Å². The predicted molar refractivity (Wildman–Crippen MR) is 99.1 cm³/mol. The molecule has 0 spiro atoms. The van der Waals surface area contributed by atoms with Crippen LogP contribution < -0.4 is 0 Å². The minimum atomic E-state index is -1.28. The molecule has 7 aliphatic rings. The van der Waals surface area contributed by atoms with Gasteiger partial charge in [0.05, 0.1) is 0 Å². The van der Waals surface area contributed by atoms with Crippen LogP contribution in [0.4, 0.5) is 0 Å². The molecule has 0 aromatic heterocycles. The normalized spacial score (nSPS) is 46.8. The summed E-state index contributed by atoms with van der Waals surface area (Å²) in [6.07, 6.45) is 0.996. The number of ether oxygens (including phenoxy) is 4. The fourth-order valence-corrected chi connectivity index (χ4v) is 8.39. The highest BCUT2D eigenvalue weighted by atomic mass is 16.7. The second-order valence-corrected chi connectivity index (χ2v) is 10.8. The van der Waals surface area contributed by atoms with Crippen LogP contribution in [0.25, 0.3) is 0 Å². The van der Waals surface area contributed by atoms with Crippen LogP contribution in [0.5, 0.6) is 0 Å². The Morgan fingerprint density at radius 1 is 0.581 bits per heavy atom. The summed E-state index contributed by atoms with van der Waals surface area (Å²) < 4.78 is 21.5. The van der Waals surface area contributed by atoms with Crippen LogP contribution in [0.3, 0.4) is 0 Å². The third-order valence-electron chi connectivity index (χ3n) is 8.69. The molecule has 7 rings (SSSR count). The van der Waals surface area contributed by atoms with E-state index in [0.29, 0.717) is 23.7 Å². The van der Waals surface area contributed by atoms with E-state index in [4.69, 9.17) is 18.9 Å². The molecule has 31 heavy (non-hydrogen) atoms. The Hall–Kier alpha value is -2.64. The van der Waals surface area contributed by atoms with Crippen LogP contribution >= 0.6 is 0 Å². The largest absolute Gasteiger partial charge is 0.419 e. The molecular weight excluding hydrogens is 404 g/mol. The minimum absolute atomic E-state index is 0.0295. The Morgan fingerprint density at radius 2 is 0.903 bits per heavy atom. The fraction of sp³-hybridized carbons (Fsp3) is 0.652. The van der Waals surface area contributed by atoms with Gasteiger partial charge in [0.25, 0.3) is 11.6 Å². The van der Waals surface area contributed by atoms with Crippen molar-refractivity contribution < 1.29 is 38.1 Å². The first-order valence-corrected chi connectivity index (χ1v) is 10.9. The number of rotatable bonds is 0. The van der Waals surface area contributed by atoms with Crippen LogP contribution in [0.15, 0.2) is 22.3 Å². The molecule has 2 heterocycles. The van der Waals surface area contributed by atoms with Gasteiger partial charge in [-0.1, -0.05) is 0 Å². The maximum Gasteiger partial charge on any atom is 0.348 e. The number of carbonyl (C=O) groups excluding carboxylic acids is 4. The Balaban J connectivity index is 1.38. The molecule has 8 atom stereocenters. The molecule has 0 N–H and O–H groups in total. The number of cyclic esters (lactones) is 4. The van der Waals surface area contributed by atoms with Crippen LogP contribution in [0.1, 0.15) is 34.1 Å². The number of fused-ring (bicyclic) bond motifs is 2. The highest BCUT2D eigenvalue weighted by Gasteiger charge is 2.82. The van der Waals surface area contributed by atoms with Gasteiger partial charge in [0.15, 0.2) is 0 Å². The first-order chi connectivity index (χ1) is 14.5. The van der Waals surface area contributed by atoms with Gasteiger partial charge in [-0.05, 0) is 64.9 Å². The van der Waals surface area contributed by atoms with Crippen LogP contribution in [-0.2, 0) is 38.1 Å². The number of allylic oxidation sites excluding steroid dienone is 2.